The number of nitrogens with one attached hydrogen (secondary N) is 1. The molecule has 0 radical (unpaired) electrons. The predicted octanol–water partition coefficient (Wildman–Crippen LogP) is 3.78. The largest absolute Gasteiger partial charge is 0.391 e. The summed E-state index contributed by atoms with van der Waals surface area (Å²) < 4.78 is 37.8. The molecule has 1 saturated heterocycles. The number of benzene rings is 1. The van der Waals surface area contributed by atoms with Crippen LogP contribution in [0.25, 0.3) is 0 Å². The molecule has 0 unspecified atom stereocenters. The maximum atomic E-state index is 12.6. The summed E-state index contributed by atoms with van der Waals surface area (Å²) in [6.07, 6.45) is -4.87. The van der Waals surface area contributed by atoms with E-state index in [2.05, 4.69) is 5.32 Å². The lowest BCUT2D eigenvalue weighted by molar-refractivity contribution is -0.186. The van der Waals surface area contributed by atoms with Gasteiger partial charge in [-0.3, -0.25) is 9.59 Å². The van der Waals surface area contributed by atoms with Crippen molar-refractivity contribution in [1.82, 2.24) is 4.90 Å². The first kappa shape index (κ1) is 18.6. The van der Waals surface area contributed by atoms with E-state index in [1.54, 1.807) is 25.1 Å². The van der Waals surface area contributed by atoms with E-state index in [1.165, 1.54) is 4.90 Å². The van der Waals surface area contributed by atoms with E-state index in [0.717, 1.165) is 5.56 Å². The zero-order chi connectivity index (χ0) is 17.9. The molecule has 1 aliphatic heterocycles. The molecule has 24 heavy (non-hydrogen) atoms. The smallest absolute Gasteiger partial charge is 0.342 e. The zero-order valence-electron chi connectivity index (χ0n) is 13.1. The number of amides is 2. The minimum absolute atomic E-state index is 0.0203. The van der Waals surface area contributed by atoms with Crippen LogP contribution in [0.4, 0.5) is 18.9 Å². The van der Waals surface area contributed by atoms with Gasteiger partial charge in [-0.05, 0) is 37.5 Å². The summed E-state index contributed by atoms with van der Waals surface area (Å²) in [5.41, 5.74) is 1.31. The summed E-state index contributed by atoms with van der Waals surface area (Å²) in [5.74, 6) is -2.35. The molecule has 1 aromatic rings. The number of aryl methyl sites for hydroxylation is 1. The highest BCUT2D eigenvalue weighted by atomic mass is 35.5. The van der Waals surface area contributed by atoms with Crippen molar-refractivity contribution in [3.63, 3.8) is 0 Å². The average Bonchev–Trinajstić information content (AvgIpc) is 2.50. The third-order valence-corrected chi connectivity index (χ3v) is 4.33. The Labute approximate surface area is 143 Å². The van der Waals surface area contributed by atoms with E-state index in [1.807, 2.05) is 0 Å². The van der Waals surface area contributed by atoms with Crippen molar-refractivity contribution >= 4 is 29.1 Å². The fourth-order valence-electron chi connectivity index (χ4n) is 2.63. The van der Waals surface area contributed by atoms with Crippen LogP contribution in [0.15, 0.2) is 18.2 Å². The summed E-state index contributed by atoms with van der Waals surface area (Å²) in [4.78, 5) is 25.3. The molecular formula is C16H18ClF3N2O2. The molecule has 0 spiro atoms. The number of rotatable bonds is 3. The zero-order valence-corrected chi connectivity index (χ0v) is 13.9. The van der Waals surface area contributed by atoms with Crippen LogP contribution in [0.1, 0.15) is 24.8 Å². The maximum Gasteiger partial charge on any atom is 0.391 e. The van der Waals surface area contributed by atoms with Gasteiger partial charge in [0.15, 0.2) is 0 Å². The molecule has 0 bridgehead atoms. The quantitative estimate of drug-likeness (QED) is 0.832. The molecule has 2 amide bonds. The van der Waals surface area contributed by atoms with Gasteiger partial charge in [0.1, 0.15) is 6.42 Å². The van der Waals surface area contributed by atoms with Gasteiger partial charge in [0.2, 0.25) is 11.8 Å². The molecular weight excluding hydrogens is 345 g/mol. The fraction of sp³-hybridized carbons (Fsp3) is 0.500. The lowest BCUT2D eigenvalue weighted by atomic mass is 9.96. The number of hydrogen-bond donors (Lipinski definition) is 1. The first-order chi connectivity index (χ1) is 11.2. The van der Waals surface area contributed by atoms with Crippen LogP contribution in [-0.4, -0.2) is 36.0 Å². The number of alkyl halides is 3. The number of anilines is 1. The fourth-order valence-corrected chi connectivity index (χ4v) is 2.80. The molecule has 1 fully saturated rings. The molecule has 4 nitrogen and oxygen atoms in total. The van der Waals surface area contributed by atoms with Crippen molar-refractivity contribution in [3.05, 3.63) is 28.8 Å². The van der Waals surface area contributed by atoms with Gasteiger partial charge in [0.05, 0.1) is 5.92 Å². The molecule has 0 aliphatic carbocycles. The second-order valence-electron chi connectivity index (χ2n) is 5.88. The molecule has 1 N–H and O–H groups in total. The summed E-state index contributed by atoms with van der Waals surface area (Å²) in [5, 5.41) is 3.06. The Kier molecular flexibility index (Phi) is 5.74. The topological polar surface area (TPSA) is 49.4 Å². The van der Waals surface area contributed by atoms with Gasteiger partial charge >= 0.3 is 6.18 Å². The third-order valence-electron chi connectivity index (χ3n) is 4.10. The first-order valence-corrected chi connectivity index (χ1v) is 7.95. The normalized spacial score (nSPS) is 16.1. The van der Waals surface area contributed by atoms with Crippen molar-refractivity contribution in [2.75, 3.05) is 18.4 Å². The molecule has 1 heterocycles. The third kappa shape index (κ3) is 4.87. The monoisotopic (exact) mass is 362 g/mol. The molecule has 8 heteroatoms. The van der Waals surface area contributed by atoms with Crippen LogP contribution in [0.3, 0.4) is 0 Å². The van der Waals surface area contributed by atoms with Gasteiger partial charge < -0.3 is 10.2 Å². The molecule has 0 aromatic heterocycles. The Bertz CT molecular complexity index is 626. The number of nitrogens with zero attached hydrogens (tertiary/aromatic N) is 1. The van der Waals surface area contributed by atoms with Gasteiger partial charge in [0, 0.05) is 23.8 Å². The van der Waals surface area contributed by atoms with Crippen LogP contribution in [-0.2, 0) is 9.59 Å². The second kappa shape index (κ2) is 7.42. The van der Waals surface area contributed by atoms with E-state index >= 15 is 0 Å². The van der Waals surface area contributed by atoms with Crippen LogP contribution in [0.2, 0.25) is 5.02 Å². The molecule has 0 saturated carbocycles. The Morgan fingerprint density at radius 1 is 1.29 bits per heavy atom. The van der Waals surface area contributed by atoms with Gasteiger partial charge in [0.25, 0.3) is 0 Å². The second-order valence-corrected chi connectivity index (χ2v) is 6.32. The number of piperidine rings is 1. The Morgan fingerprint density at radius 2 is 1.92 bits per heavy atom. The minimum Gasteiger partial charge on any atom is -0.342 e. The van der Waals surface area contributed by atoms with E-state index in [4.69, 9.17) is 11.6 Å². The van der Waals surface area contributed by atoms with Gasteiger partial charge in [-0.1, -0.05) is 17.7 Å². The number of halogens is 4. The molecule has 0 atom stereocenters. The summed E-state index contributed by atoms with van der Waals surface area (Å²) >= 11 is 5.86. The van der Waals surface area contributed by atoms with Crippen molar-refractivity contribution in [2.45, 2.75) is 32.4 Å². The Balaban J connectivity index is 1.86. The Morgan fingerprint density at radius 3 is 2.50 bits per heavy atom. The highest BCUT2D eigenvalue weighted by molar-refractivity contribution is 6.31. The summed E-state index contributed by atoms with van der Waals surface area (Å²) in [6.45, 7) is 1.83. The van der Waals surface area contributed by atoms with Crippen LogP contribution < -0.4 is 5.32 Å². The number of likely N-dealkylation sites (tertiary alicyclic amines) is 1. The van der Waals surface area contributed by atoms with Crippen molar-refractivity contribution in [3.8, 4) is 0 Å². The SMILES string of the molecule is Cc1ccc(Cl)cc1NC(=O)CC(=O)N1CCC(C(F)(F)F)CC1. The van der Waals surface area contributed by atoms with Gasteiger partial charge in [-0.25, -0.2) is 0 Å². The van der Waals surface area contributed by atoms with Crippen LogP contribution >= 0.6 is 11.6 Å². The van der Waals surface area contributed by atoms with Crippen LogP contribution in [0, 0.1) is 12.8 Å². The number of carbonyl (C=O) groups is 2. The maximum absolute atomic E-state index is 12.6. The lowest BCUT2D eigenvalue weighted by Gasteiger charge is -2.32. The number of hydrogen-bond acceptors (Lipinski definition) is 2. The molecule has 2 rings (SSSR count). The van der Waals surface area contributed by atoms with Gasteiger partial charge in [-0.15, -0.1) is 0 Å². The van der Waals surface area contributed by atoms with Gasteiger partial charge in [-0.2, -0.15) is 13.2 Å². The summed E-state index contributed by atoms with van der Waals surface area (Å²) in [6, 6.07) is 5.00. The van der Waals surface area contributed by atoms with E-state index in [0.29, 0.717) is 10.7 Å². The van der Waals surface area contributed by atoms with Crippen molar-refractivity contribution in [1.29, 1.82) is 0 Å². The van der Waals surface area contributed by atoms with E-state index in [-0.39, 0.29) is 25.9 Å². The predicted molar refractivity (Wildman–Crippen MR) is 84.8 cm³/mol. The average molecular weight is 363 g/mol. The Hall–Kier alpha value is -1.76. The van der Waals surface area contributed by atoms with E-state index in [9.17, 15) is 22.8 Å². The lowest BCUT2D eigenvalue weighted by Crippen LogP contribution is -2.43. The molecule has 1 aliphatic rings. The highest BCUT2D eigenvalue weighted by Crippen LogP contribution is 2.34. The highest BCUT2D eigenvalue weighted by Gasteiger charge is 2.41. The number of carbonyl (C=O) groups excluding carboxylic acids is 2. The van der Waals surface area contributed by atoms with Crippen molar-refractivity contribution in [2.24, 2.45) is 5.92 Å². The van der Waals surface area contributed by atoms with Crippen molar-refractivity contribution < 1.29 is 22.8 Å². The molecule has 1 aromatic carbocycles. The van der Waals surface area contributed by atoms with E-state index < -0.39 is 30.3 Å². The standard InChI is InChI=1S/C16H18ClF3N2O2/c1-10-2-3-12(17)8-13(10)21-14(23)9-15(24)22-6-4-11(5-7-22)16(18,19)20/h2-3,8,11H,4-7,9H2,1H3,(H,21,23). The van der Waals surface area contributed by atoms with Crippen LogP contribution in [0.5, 0.6) is 0 Å². The summed E-state index contributed by atoms with van der Waals surface area (Å²) in [7, 11) is 0. The first-order valence-electron chi connectivity index (χ1n) is 7.57. The minimum atomic E-state index is -4.23. The molecule has 132 valence electrons.